The summed E-state index contributed by atoms with van der Waals surface area (Å²) in [5, 5.41) is 99.1. The fraction of sp³-hybridized carbons (Fsp3) is 1.00. The van der Waals surface area contributed by atoms with E-state index < -0.39 is 105 Å². The molecule has 3 saturated heterocycles. The van der Waals surface area contributed by atoms with Gasteiger partial charge in [0, 0.05) is 0 Å². The van der Waals surface area contributed by atoms with Crippen molar-refractivity contribution < 1.29 is 74.7 Å². The van der Waals surface area contributed by atoms with Crippen LogP contribution in [0.1, 0.15) is 6.92 Å². The largest absolute Gasteiger partial charge is 0.394 e. The average molecular weight is 488 g/mol. The fourth-order valence-electron chi connectivity index (χ4n) is 3.87. The predicted molar refractivity (Wildman–Crippen MR) is 99.8 cm³/mol. The lowest BCUT2D eigenvalue weighted by Crippen LogP contribution is -2.64. The average Bonchev–Trinajstić information content (AvgIpc) is 2.79. The van der Waals surface area contributed by atoms with Crippen LogP contribution in [-0.4, -0.2) is 156 Å². The minimum atomic E-state index is -1.81. The molecule has 3 aliphatic heterocycles. The summed E-state index contributed by atoms with van der Waals surface area (Å²) in [6.45, 7) is 0.169. The number of rotatable bonds is 6. The summed E-state index contributed by atoms with van der Waals surface area (Å²) in [5.74, 6) is 0. The second-order valence-corrected chi connectivity index (χ2v) is 8.36. The maximum absolute atomic E-state index is 10.5. The second kappa shape index (κ2) is 11.0. The Morgan fingerprint density at radius 3 is 1.85 bits per heavy atom. The smallest absolute Gasteiger partial charge is 0.187 e. The molecule has 0 aromatic carbocycles. The highest BCUT2D eigenvalue weighted by Crippen LogP contribution is 2.30. The molecule has 0 radical (unpaired) electrons. The van der Waals surface area contributed by atoms with Gasteiger partial charge in [-0.2, -0.15) is 0 Å². The fourth-order valence-corrected chi connectivity index (χ4v) is 3.87. The van der Waals surface area contributed by atoms with Crippen molar-refractivity contribution in [3.05, 3.63) is 0 Å². The number of aliphatic hydroxyl groups is 10. The van der Waals surface area contributed by atoms with E-state index in [1.807, 2.05) is 0 Å². The summed E-state index contributed by atoms with van der Waals surface area (Å²) in [5.41, 5.74) is 0. The van der Waals surface area contributed by atoms with Gasteiger partial charge in [0.15, 0.2) is 18.9 Å². The first kappa shape index (κ1) is 27.0. The van der Waals surface area contributed by atoms with E-state index in [2.05, 4.69) is 0 Å². The van der Waals surface area contributed by atoms with Crippen molar-refractivity contribution in [2.24, 2.45) is 0 Å². The summed E-state index contributed by atoms with van der Waals surface area (Å²) in [6.07, 6.45) is -23.5. The van der Waals surface area contributed by atoms with E-state index in [-0.39, 0.29) is 0 Å². The van der Waals surface area contributed by atoms with Crippen LogP contribution in [0.25, 0.3) is 0 Å². The van der Waals surface area contributed by atoms with Crippen LogP contribution in [0, 0.1) is 0 Å². The Balaban J connectivity index is 1.71. The van der Waals surface area contributed by atoms with Crippen LogP contribution in [0.2, 0.25) is 0 Å². The Labute approximate surface area is 187 Å². The first-order valence-electron chi connectivity index (χ1n) is 10.4. The van der Waals surface area contributed by atoms with Gasteiger partial charge in [-0.25, -0.2) is 0 Å². The number of hydrogen-bond donors (Lipinski definition) is 10. The molecule has 0 saturated carbocycles. The molecule has 0 aromatic rings. The Hall–Kier alpha value is -0.600. The van der Waals surface area contributed by atoms with Gasteiger partial charge < -0.3 is 74.7 Å². The van der Waals surface area contributed by atoms with Crippen molar-refractivity contribution in [2.75, 3.05) is 13.2 Å². The summed E-state index contributed by atoms with van der Waals surface area (Å²) >= 11 is 0. The van der Waals surface area contributed by atoms with Gasteiger partial charge in [-0.05, 0) is 6.92 Å². The van der Waals surface area contributed by atoms with Crippen LogP contribution < -0.4 is 0 Å². The highest BCUT2D eigenvalue weighted by Gasteiger charge is 2.51. The van der Waals surface area contributed by atoms with Crippen molar-refractivity contribution >= 4 is 0 Å². The Kier molecular flexibility index (Phi) is 8.99. The molecule has 0 aromatic heterocycles. The SMILES string of the molecule is C[C@@H]1O[C@@H](OC[C@H]2OC(O)[C@H](O)[C@@H](O)[C@@H]2O)[C@H](O[C@H]2O[C@H](CO)[C@@H](O)[C@H](O)[C@H]2O)[C@H](O)[C@H]1O. The van der Waals surface area contributed by atoms with Gasteiger partial charge in [-0.1, -0.05) is 0 Å². The van der Waals surface area contributed by atoms with Gasteiger partial charge in [0.25, 0.3) is 0 Å². The molecular formula is C18H32O15. The standard InChI is InChI=1S/C18H32O15/c1-4-7(20)12(25)15(33-17-14(27)11(24)8(21)5(2-19)32-17)18(30-4)29-3-6-9(22)10(23)13(26)16(28)31-6/h4-28H,2-3H2,1H3/t4-,5+,6+,7-,8+,9+,10-,11-,12+,13+,14+,15+,16?,17+,18+/m0/s1. The Bertz CT molecular complexity index is 624. The molecule has 0 bridgehead atoms. The van der Waals surface area contributed by atoms with Crippen molar-refractivity contribution in [2.45, 2.75) is 99.0 Å². The van der Waals surface area contributed by atoms with Gasteiger partial charge in [0.05, 0.1) is 19.3 Å². The third-order valence-corrected chi connectivity index (χ3v) is 6.04. The number of ether oxygens (including phenoxy) is 5. The zero-order valence-electron chi connectivity index (χ0n) is 17.6. The molecule has 10 N–H and O–H groups in total. The van der Waals surface area contributed by atoms with Crippen LogP contribution in [0.3, 0.4) is 0 Å². The molecule has 3 aliphatic rings. The lowest BCUT2D eigenvalue weighted by atomic mass is 9.97. The lowest BCUT2D eigenvalue weighted by Gasteiger charge is -2.46. The number of hydrogen-bond acceptors (Lipinski definition) is 15. The Morgan fingerprint density at radius 2 is 1.21 bits per heavy atom. The molecule has 3 rings (SSSR count). The lowest BCUT2D eigenvalue weighted by molar-refractivity contribution is -0.369. The molecule has 1 unspecified atom stereocenters. The van der Waals surface area contributed by atoms with Gasteiger partial charge in [-0.3, -0.25) is 0 Å². The molecule has 33 heavy (non-hydrogen) atoms. The molecule has 15 atom stereocenters. The molecular weight excluding hydrogens is 456 g/mol. The molecule has 15 heteroatoms. The summed E-state index contributed by atoms with van der Waals surface area (Å²) in [6, 6.07) is 0. The molecule has 3 fully saturated rings. The van der Waals surface area contributed by atoms with E-state index in [0.717, 1.165) is 0 Å². The molecule has 0 aliphatic carbocycles. The molecule has 0 spiro atoms. The van der Waals surface area contributed by atoms with Crippen LogP contribution in [0.15, 0.2) is 0 Å². The summed E-state index contributed by atoms with van der Waals surface area (Å²) in [7, 11) is 0. The first-order chi connectivity index (χ1) is 15.5. The second-order valence-electron chi connectivity index (χ2n) is 8.36. The van der Waals surface area contributed by atoms with Crippen LogP contribution in [-0.2, 0) is 23.7 Å². The summed E-state index contributed by atoms with van der Waals surface area (Å²) in [4.78, 5) is 0. The zero-order valence-corrected chi connectivity index (χ0v) is 17.6. The first-order valence-corrected chi connectivity index (χ1v) is 10.4. The van der Waals surface area contributed by atoms with E-state index in [4.69, 9.17) is 23.7 Å². The van der Waals surface area contributed by atoms with Crippen LogP contribution in [0.4, 0.5) is 0 Å². The van der Waals surface area contributed by atoms with E-state index in [1.54, 1.807) is 0 Å². The third kappa shape index (κ3) is 5.48. The normalized spacial score (nSPS) is 53.7. The van der Waals surface area contributed by atoms with Gasteiger partial charge in [0.2, 0.25) is 0 Å². The van der Waals surface area contributed by atoms with Gasteiger partial charge in [-0.15, -0.1) is 0 Å². The van der Waals surface area contributed by atoms with Crippen LogP contribution in [0.5, 0.6) is 0 Å². The van der Waals surface area contributed by atoms with E-state index >= 15 is 0 Å². The zero-order chi connectivity index (χ0) is 24.6. The monoisotopic (exact) mass is 488 g/mol. The minimum Gasteiger partial charge on any atom is -0.394 e. The molecule has 3 heterocycles. The van der Waals surface area contributed by atoms with E-state index in [1.165, 1.54) is 6.92 Å². The minimum absolute atomic E-state index is 0.531. The summed E-state index contributed by atoms with van der Waals surface area (Å²) < 4.78 is 26.8. The quantitative estimate of drug-likeness (QED) is 0.167. The van der Waals surface area contributed by atoms with E-state index in [9.17, 15) is 51.1 Å². The highest BCUT2D eigenvalue weighted by molar-refractivity contribution is 4.94. The predicted octanol–water partition coefficient (Wildman–Crippen LogP) is -6.55. The highest BCUT2D eigenvalue weighted by atomic mass is 16.8. The van der Waals surface area contributed by atoms with Gasteiger partial charge >= 0.3 is 0 Å². The third-order valence-electron chi connectivity index (χ3n) is 6.04. The van der Waals surface area contributed by atoms with Gasteiger partial charge in [0.1, 0.15) is 67.1 Å². The Morgan fingerprint density at radius 1 is 0.606 bits per heavy atom. The molecule has 0 amide bonds. The topological polar surface area (TPSA) is 248 Å². The molecule has 15 nitrogen and oxygen atoms in total. The van der Waals surface area contributed by atoms with Crippen molar-refractivity contribution in [3.8, 4) is 0 Å². The van der Waals surface area contributed by atoms with E-state index in [0.29, 0.717) is 0 Å². The van der Waals surface area contributed by atoms with Crippen molar-refractivity contribution in [3.63, 3.8) is 0 Å². The maximum atomic E-state index is 10.5. The van der Waals surface area contributed by atoms with Crippen LogP contribution >= 0.6 is 0 Å². The number of aliphatic hydroxyl groups excluding tert-OH is 10. The maximum Gasteiger partial charge on any atom is 0.187 e. The molecule has 194 valence electrons. The van der Waals surface area contributed by atoms with Crippen molar-refractivity contribution in [1.29, 1.82) is 0 Å². The van der Waals surface area contributed by atoms with Crippen molar-refractivity contribution in [1.82, 2.24) is 0 Å².